The lowest BCUT2D eigenvalue weighted by Crippen LogP contribution is -2.06. The summed E-state index contributed by atoms with van der Waals surface area (Å²) in [5.74, 6) is -0.212. The average Bonchev–Trinajstić information content (AvgIpc) is 2.85. The van der Waals surface area contributed by atoms with Gasteiger partial charge in [-0.3, -0.25) is 0 Å². The molecule has 1 aromatic carbocycles. The number of benzene rings is 1. The molecule has 4 nitrogen and oxygen atoms in total. The molecule has 2 aromatic rings. The number of furan rings is 1. The van der Waals surface area contributed by atoms with Crippen LogP contribution < -0.4 is 5.32 Å². The summed E-state index contributed by atoms with van der Waals surface area (Å²) in [6, 6.07) is 11.5. The lowest BCUT2D eigenvalue weighted by Gasteiger charge is -2.05. The van der Waals surface area contributed by atoms with E-state index in [1.54, 1.807) is 6.07 Å². The molecule has 4 heteroatoms. The Hall–Kier alpha value is -2.23. The van der Waals surface area contributed by atoms with Crippen molar-refractivity contribution < 1.29 is 13.9 Å². The maximum Gasteiger partial charge on any atom is 0.374 e. The molecule has 0 fully saturated rings. The number of hydrogen-bond donors (Lipinski definition) is 1. The van der Waals surface area contributed by atoms with Crippen molar-refractivity contribution in [3.63, 3.8) is 0 Å². The van der Waals surface area contributed by atoms with Crippen molar-refractivity contribution in [2.45, 2.75) is 6.54 Å². The van der Waals surface area contributed by atoms with E-state index in [0.717, 1.165) is 11.3 Å². The number of nitrogens with one attached hydrogen (secondary N) is 1. The Morgan fingerprint density at radius 3 is 2.76 bits per heavy atom. The molecular formula is C13H13NO3. The Bertz CT molecular complexity index is 490. The van der Waals surface area contributed by atoms with E-state index in [-0.39, 0.29) is 5.76 Å². The van der Waals surface area contributed by atoms with Gasteiger partial charge in [0.2, 0.25) is 5.76 Å². The number of hydrogen-bond acceptors (Lipinski definition) is 4. The highest BCUT2D eigenvalue weighted by molar-refractivity contribution is 5.87. The van der Waals surface area contributed by atoms with E-state index in [9.17, 15) is 4.79 Å². The summed E-state index contributed by atoms with van der Waals surface area (Å²) in [5.41, 5.74) is 1.77. The molecule has 88 valence electrons. The quantitative estimate of drug-likeness (QED) is 0.822. The number of esters is 1. The summed E-state index contributed by atoms with van der Waals surface area (Å²) in [6.07, 6.45) is 1.48. The Morgan fingerprint density at radius 1 is 1.29 bits per heavy atom. The average molecular weight is 231 g/mol. The zero-order valence-electron chi connectivity index (χ0n) is 9.47. The Labute approximate surface area is 99.2 Å². The van der Waals surface area contributed by atoms with Crippen LogP contribution in [-0.4, -0.2) is 13.1 Å². The first-order chi connectivity index (χ1) is 8.31. The largest absolute Gasteiger partial charge is 0.463 e. The number of ether oxygens (including phenoxy) is 1. The number of methoxy groups -OCH3 is 1. The topological polar surface area (TPSA) is 51.5 Å². The second-order valence-corrected chi connectivity index (χ2v) is 3.49. The van der Waals surface area contributed by atoms with Crippen molar-refractivity contribution in [3.8, 4) is 0 Å². The molecule has 0 unspecified atom stereocenters. The van der Waals surface area contributed by atoms with Crippen molar-refractivity contribution in [3.05, 3.63) is 54.0 Å². The van der Waals surface area contributed by atoms with Crippen molar-refractivity contribution >= 4 is 11.7 Å². The normalized spacial score (nSPS) is 9.94. The third kappa shape index (κ3) is 2.66. The molecule has 2 rings (SSSR count). The number of anilines is 1. The van der Waals surface area contributed by atoms with Gasteiger partial charge in [-0.1, -0.05) is 18.2 Å². The van der Waals surface area contributed by atoms with Gasteiger partial charge in [-0.05, 0) is 18.2 Å². The van der Waals surface area contributed by atoms with Crippen LogP contribution in [0.4, 0.5) is 5.69 Å². The molecule has 0 aliphatic heterocycles. The predicted molar refractivity (Wildman–Crippen MR) is 63.8 cm³/mol. The summed E-state index contributed by atoms with van der Waals surface area (Å²) in [6.45, 7) is 0.519. The third-order valence-electron chi connectivity index (χ3n) is 2.37. The van der Waals surface area contributed by atoms with E-state index < -0.39 is 5.97 Å². The molecule has 0 saturated carbocycles. The molecule has 0 radical (unpaired) electrons. The SMILES string of the molecule is COC(=O)c1occc1CNc1ccccc1. The lowest BCUT2D eigenvalue weighted by atomic mass is 10.2. The van der Waals surface area contributed by atoms with Crippen molar-refractivity contribution in [2.24, 2.45) is 0 Å². The fourth-order valence-electron chi connectivity index (χ4n) is 1.50. The molecule has 0 spiro atoms. The van der Waals surface area contributed by atoms with Crippen LogP contribution in [0.15, 0.2) is 47.1 Å². The first kappa shape index (κ1) is 11.3. The summed E-state index contributed by atoms with van der Waals surface area (Å²) >= 11 is 0. The molecule has 1 heterocycles. The Kier molecular flexibility index (Phi) is 3.45. The highest BCUT2D eigenvalue weighted by Gasteiger charge is 2.15. The second-order valence-electron chi connectivity index (χ2n) is 3.49. The minimum absolute atomic E-state index is 0.246. The van der Waals surface area contributed by atoms with Crippen LogP contribution in [-0.2, 0) is 11.3 Å². The van der Waals surface area contributed by atoms with Crippen LogP contribution in [0, 0.1) is 0 Å². The second kappa shape index (κ2) is 5.21. The van der Waals surface area contributed by atoms with Crippen LogP contribution in [0.1, 0.15) is 16.1 Å². The summed E-state index contributed by atoms with van der Waals surface area (Å²) in [4.78, 5) is 11.4. The monoisotopic (exact) mass is 231 g/mol. The maximum atomic E-state index is 11.4. The zero-order valence-corrected chi connectivity index (χ0v) is 9.47. The highest BCUT2D eigenvalue weighted by atomic mass is 16.5. The van der Waals surface area contributed by atoms with E-state index in [1.165, 1.54) is 13.4 Å². The molecule has 0 saturated heterocycles. The molecule has 0 aliphatic carbocycles. The lowest BCUT2D eigenvalue weighted by molar-refractivity contribution is 0.0563. The van der Waals surface area contributed by atoms with Crippen LogP contribution >= 0.6 is 0 Å². The van der Waals surface area contributed by atoms with Gasteiger partial charge in [-0.25, -0.2) is 4.79 Å². The number of carbonyl (C=O) groups is 1. The van der Waals surface area contributed by atoms with E-state index in [4.69, 9.17) is 4.42 Å². The van der Waals surface area contributed by atoms with Gasteiger partial charge in [0.05, 0.1) is 13.4 Å². The number of carbonyl (C=O) groups excluding carboxylic acids is 1. The molecule has 0 amide bonds. The van der Waals surface area contributed by atoms with Gasteiger partial charge in [0.25, 0.3) is 0 Å². The molecule has 17 heavy (non-hydrogen) atoms. The van der Waals surface area contributed by atoms with E-state index in [1.807, 2.05) is 30.3 Å². The van der Waals surface area contributed by atoms with Crippen molar-refractivity contribution in [1.29, 1.82) is 0 Å². The van der Waals surface area contributed by atoms with Gasteiger partial charge >= 0.3 is 5.97 Å². The molecule has 0 bridgehead atoms. The van der Waals surface area contributed by atoms with Gasteiger partial charge in [0, 0.05) is 17.8 Å². The van der Waals surface area contributed by atoms with E-state index in [0.29, 0.717) is 6.54 Å². The van der Waals surface area contributed by atoms with Crippen LogP contribution in [0.2, 0.25) is 0 Å². The van der Waals surface area contributed by atoms with Gasteiger partial charge in [0.15, 0.2) is 0 Å². The van der Waals surface area contributed by atoms with Crippen LogP contribution in [0.25, 0.3) is 0 Å². The molecule has 1 N–H and O–H groups in total. The first-order valence-corrected chi connectivity index (χ1v) is 5.25. The molecule has 0 atom stereocenters. The van der Waals surface area contributed by atoms with E-state index in [2.05, 4.69) is 10.1 Å². The van der Waals surface area contributed by atoms with Crippen molar-refractivity contribution in [2.75, 3.05) is 12.4 Å². The fraction of sp³-hybridized carbons (Fsp3) is 0.154. The Morgan fingerprint density at radius 2 is 2.06 bits per heavy atom. The zero-order chi connectivity index (χ0) is 12.1. The molecule has 0 aliphatic rings. The van der Waals surface area contributed by atoms with Crippen LogP contribution in [0.5, 0.6) is 0 Å². The predicted octanol–water partition coefficient (Wildman–Crippen LogP) is 2.68. The van der Waals surface area contributed by atoms with Gasteiger partial charge in [-0.2, -0.15) is 0 Å². The summed E-state index contributed by atoms with van der Waals surface area (Å²) < 4.78 is 9.72. The van der Waals surface area contributed by atoms with Crippen LogP contribution in [0.3, 0.4) is 0 Å². The highest BCUT2D eigenvalue weighted by Crippen LogP contribution is 2.14. The van der Waals surface area contributed by atoms with Crippen molar-refractivity contribution in [1.82, 2.24) is 0 Å². The number of para-hydroxylation sites is 1. The number of rotatable bonds is 4. The first-order valence-electron chi connectivity index (χ1n) is 5.25. The molecule has 1 aromatic heterocycles. The Balaban J connectivity index is 2.05. The maximum absolute atomic E-state index is 11.4. The third-order valence-corrected chi connectivity index (χ3v) is 2.37. The van der Waals surface area contributed by atoms with E-state index >= 15 is 0 Å². The minimum atomic E-state index is -0.458. The minimum Gasteiger partial charge on any atom is -0.463 e. The smallest absolute Gasteiger partial charge is 0.374 e. The fourth-order valence-corrected chi connectivity index (χ4v) is 1.50. The van der Waals surface area contributed by atoms with Gasteiger partial charge < -0.3 is 14.5 Å². The van der Waals surface area contributed by atoms with Gasteiger partial charge in [0.1, 0.15) is 0 Å². The molecular weight excluding hydrogens is 218 g/mol. The standard InChI is InChI=1S/C13H13NO3/c1-16-13(15)12-10(7-8-17-12)9-14-11-5-3-2-4-6-11/h2-8,14H,9H2,1H3. The van der Waals surface area contributed by atoms with Gasteiger partial charge in [-0.15, -0.1) is 0 Å². The summed E-state index contributed by atoms with van der Waals surface area (Å²) in [5, 5.41) is 3.20. The summed E-state index contributed by atoms with van der Waals surface area (Å²) in [7, 11) is 1.33.